The van der Waals surface area contributed by atoms with Gasteiger partial charge >= 0.3 is 0 Å². The average Bonchev–Trinajstić information content (AvgIpc) is 2.46. The molecule has 0 unspecified atom stereocenters. The maximum Gasteiger partial charge on any atom is 0.264 e. The van der Waals surface area contributed by atoms with Crippen LogP contribution in [0.3, 0.4) is 0 Å². The molecule has 116 valence electrons. The molecule has 2 aromatic carbocycles. The van der Waals surface area contributed by atoms with E-state index in [1.807, 2.05) is 6.07 Å². The summed E-state index contributed by atoms with van der Waals surface area (Å²) in [4.78, 5) is 0.115. The van der Waals surface area contributed by atoms with E-state index < -0.39 is 15.8 Å². The molecule has 0 fully saturated rings. The van der Waals surface area contributed by atoms with Gasteiger partial charge in [0.2, 0.25) is 0 Å². The Bertz CT molecular complexity index is 819. The molecular formula is C16H15ClFNO2S. The van der Waals surface area contributed by atoms with E-state index in [0.29, 0.717) is 17.9 Å². The number of sulfonamides is 1. The van der Waals surface area contributed by atoms with Gasteiger partial charge in [-0.2, -0.15) is 0 Å². The van der Waals surface area contributed by atoms with Crippen molar-refractivity contribution in [3.63, 3.8) is 0 Å². The lowest BCUT2D eigenvalue weighted by Gasteiger charge is -2.31. The number of fused-ring (bicyclic) bond motifs is 1. The molecule has 1 aliphatic heterocycles. The lowest BCUT2D eigenvalue weighted by molar-refractivity contribution is 0.576. The van der Waals surface area contributed by atoms with Crippen molar-refractivity contribution in [1.82, 2.24) is 0 Å². The lowest BCUT2D eigenvalue weighted by atomic mass is 10.0. The summed E-state index contributed by atoms with van der Waals surface area (Å²) in [7, 11) is -3.79. The molecule has 0 aromatic heterocycles. The van der Waals surface area contributed by atoms with Crippen LogP contribution in [0.25, 0.3) is 0 Å². The van der Waals surface area contributed by atoms with Crippen molar-refractivity contribution in [2.45, 2.75) is 24.7 Å². The molecule has 0 atom stereocenters. The molecule has 0 saturated heterocycles. The molecule has 0 bridgehead atoms. The lowest BCUT2D eigenvalue weighted by Crippen LogP contribution is -2.36. The van der Waals surface area contributed by atoms with Gasteiger partial charge in [-0.3, -0.25) is 4.31 Å². The largest absolute Gasteiger partial charge is 0.264 e. The van der Waals surface area contributed by atoms with Gasteiger partial charge in [0.05, 0.1) is 10.6 Å². The summed E-state index contributed by atoms with van der Waals surface area (Å²) in [6.45, 7) is 2.08. The van der Waals surface area contributed by atoms with E-state index in [0.717, 1.165) is 11.1 Å². The summed E-state index contributed by atoms with van der Waals surface area (Å²) in [5.74, 6) is -0.493. The van der Waals surface area contributed by atoms with Crippen LogP contribution >= 0.6 is 11.6 Å². The fraction of sp³-hybridized carbons (Fsp3) is 0.250. The van der Waals surface area contributed by atoms with Crippen LogP contribution < -0.4 is 4.31 Å². The van der Waals surface area contributed by atoms with Gasteiger partial charge in [0.25, 0.3) is 10.0 Å². The summed E-state index contributed by atoms with van der Waals surface area (Å²) >= 11 is 5.80. The predicted molar refractivity (Wildman–Crippen MR) is 85.4 cm³/mol. The molecule has 0 saturated carbocycles. The molecule has 3 nitrogen and oxygen atoms in total. The first-order valence-electron chi connectivity index (χ1n) is 6.97. The van der Waals surface area contributed by atoms with E-state index >= 15 is 0 Å². The zero-order valence-electron chi connectivity index (χ0n) is 12.0. The van der Waals surface area contributed by atoms with Gasteiger partial charge in [0, 0.05) is 11.6 Å². The molecule has 0 spiro atoms. The van der Waals surface area contributed by atoms with Crippen molar-refractivity contribution < 1.29 is 12.8 Å². The summed E-state index contributed by atoms with van der Waals surface area (Å²) in [6.07, 6.45) is 1.35. The number of hydrogen-bond acceptors (Lipinski definition) is 2. The van der Waals surface area contributed by atoms with Crippen LogP contribution in [0, 0.1) is 12.7 Å². The summed E-state index contributed by atoms with van der Waals surface area (Å²) < 4.78 is 41.2. The van der Waals surface area contributed by atoms with Gasteiger partial charge in [0.15, 0.2) is 0 Å². The van der Waals surface area contributed by atoms with Gasteiger partial charge in [-0.15, -0.1) is 0 Å². The Morgan fingerprint density at radius 2 is 1.86 bits per heavy atom. The van der Waals surface area contributed by atoms with Crippen molar-refractivity contribution in [2.75, 3.05) is 10.8 Å². The van der Waals surface area contributed by atoms with Gasteiger partial charge in [0.1, 0.15) is 5.82 Å². The van der Waals surface area contributed by atoms with E-state index in [9.17, 15) is 12.8 Å². The van der Waals surface area contributed by atoms with Crippen molar-refractivity contribution in [1.29, 1.82) is 0 Å². The number of halogens is 2. The fourth-order valence-electron chi connectivity index (χ4n) is 2.78. The molecule has 2 aromatic rings. The smallest absolute Gasteiger partial charge is 0.263 e. The van der Waals surface area contributed by atoms with E-state index in [1.165, 1.54) is 34.6 Å². The Kier molecular flexibility index (Phi) is 3.87. The molecule has 22 heavy (non-hydrogen) atoms. The second kappa shape index (κ2) is 5.56. The Morgan fingerprint density at radius 3 is 2.55 bits per heavy atom. The van der Waals surface area contributed by atoms with Crippen LogP contribution in [0.15, 0.2) is 41.3 Å². The third-order valence-corrected chi connectivity index (χ3v) is 5.81. The Morgan fingerprint density at radius 1 is 1.18 bits per heavy atom. The highest BCUT2D eigenvalue weighted by molar-refractivity contribution is 7.92. The molecule has 6 heteroatoms. The van der Waals surface area contributed by atoms with Crippen LogP contribution in [-0.2, 0) is 16.4 Å². The monoisotopic (exact) mass is 339 g/mol. The van der Waals surface area contributed by atoms with E-state index in [4.69, 9.17) is 11.6 Å². The van der Waals surface area contributed by atoms with Crippen LogP contribution in [0.1, 0.15) is 17.5 Å². The van der Waals surface area contributed by atoms with E-state index in [2.05, 4.69) is 0 Å². The fourth-order valence-corrected chi connectivity index (χ4v) is 4.45. The first-order valence-corrected chi connectivity index (χ1v) is 8.79. The highest BCUT2D eigenvalue weighted by atomic mass is 35.5. The topological polar surface area (TPSA) is 37.4 Å². The molecule has 1 aliphatic rings. The van der Waals surface area contributed by atoms with Crippen LogP contribution in [-0.4, -0.2) is 15.0 Å². The Balaban J connectivity index is 2.13. The van der Waals surface area contributed by atoms with Crippen molar-refractivity contribution in [2.24, 2.45) is 0 Å². The minimum absolute atomic E-state index is 0.115. The third-order valence-electron chi connectivity index (χ3n) is 3.75. The SMILES string of the molecule is Cc1cc(F)c2c(c1)CCCN2S(=O)(=O)c1ccc(Cl)cc1. The molecule has 0 N–H and O–H groups in total. The molecule has 1 heterocycles. The zero-order chi connectivity index (χ0) is 15.9. The Labute approximate surface area is 134 Å². The van der Waals surface area contributed by atoms with Gasteiger partial charge in [-0.1, -0.05) is 17.7 Å². The van der Waals surface area contributed by atoms with Crippen LogP contribution in [0.4, 0.5) is 10.1 Å². The number of hydrogen-bond donors (Lipinski definition) is 0. The van der Waals surface area contributed by atoms with Crippen LogP contribution in [0.2, 0.25) is 5.02 Å². The second-order valence-electron chi connectivity index (χ2n) is 5.39. The van der Waals surface area contributed by atoms with Gasteiger partial charge in [-0.25, -0.2) is 12.8 Å². The third kappa shape index (κ3) is 2.59. The maximum atomic E-state index is 14.4. The number of nitrogens with zero attached hydrogens (tertiary/aromatic N) is 1. The maximum absolute atomic E-state index is 14.4. The first-order chi connectivity index (χ1) is 10.4. The summed E-state index contributed by atoms with van der Waals surface area (Å²) in [5.41, 5.74) is 1.70. The van der Waals surface area contributed by atoms with E-state index in [-0.39, 0.29) is 17.1 Å². The van der Waals surface area contributed by atoms with Crippen LogP contribution in [0.5, 0.6) is 0 Å². The highest BCUT2D eigenvalue weighted by Gasteiger charge is 2.31. The zero-order valence-corrected chi connectivity index (χ0v) is 13.6. The van der Waals surface area contributed by atoms with E-state index in [1.54, 1.807) is 6.92 Å². The van der Waals surface area contributed by atoms with Gasteiger partial charge in [-0.05, 0) is 61.2 Å². The standard InChI is InChI=1S/C16H15ClFNO2S/c1-11-9-12-3-2-8-19(16(12)15(18)10-11)22(20,21)14-6-4-13(17)5-7-14/h4-7,9-10H,2-3,8H2,1H3. The minimum Gasteiger partial charge on any atom is -0.263 e. The minimum atomic E-state index is -3.79. The van der Waals surface area contributed by atoms with Crippen molar-refractivity contribution in [3.8, 4) is 0 Å². The molecule has 0 amide bonds. The summed E-state index contributed by atoms with van der Waals surface area (Å²) in [5, 5.41) is 0.458. The highest BCUT2D eigenvalue weighted by Crippen LogP contribution is 2.35. The first kappa shape index (κ1) is 15.3. The summed E-state index contributed by atoms with van der Waals surface area (Å²) in [6, 6.07) is 9.14. The number of aryl methyl sites for hydroxylation is 2. The number of rotatable bonds is 2. The molecule has 0 radical (unpaired) electrons. The number of anilines is 1. The molecular weight excluding hydrogens is 325 g/mol. The molecule has 0 aliphatic carbocycles. The predicted octanol–water partition coefficient (Wildman–Crippen LogP) is 3.93. The molecule has 3 rings (SSSR count). The normalized spacial score (nSPS) is 14.8. The van der Waals surface area contributed by atoms with Gasteiger partial charge < -0.3 is 0 Å². The number of benzene rings is 2. The Hall–Kier alpha value is -1.59. The van der Waals surface area contributed by atoms with Crippen molar-refractivity contribution in [3.05, 3.63) is 58.4 Å². The van der Waals surface area contributed by atoms with Crippen molar-refractivity contribution >= 4 is 27.3 Å². The average molecular weight is 340 g/mol. The quantitative estimate of drug-likeness (QED) is 0.831. The second-order valence-corrected chi connectivity index (χ2v) is 7.69.